The number of ether oxygens (including phenoxy) is 1. The number of rotatable bonds is 3. The number of imidazole rings is 1. The van der Waals surface area contributed by atoms with E-state index in [9.17, 15) is 14.3 Å². The normalized spacial score (nSPS) is 18.5. The number of hydrogen-bond acceptors (Lipinski definition) is 3. The first kappa shape index (κ1) is 13.3. The van der Waals surface area contributed by atoms with Crippen molar-refractivity contribution in [3.8, 4) is 0 Å². The molecule has 0 unspecified atom stereocenters. The topological polar surface area (TPSA) is 67.2 Å². The molecule has 1 aliphatic heterocycles. The van der Waals surface area contributed by atoms with Gasteiger partial charge >= 0.3 is 5.69 Å². The Morgan fingerprint density at radius 1 is 1.40 bits per heavy atom. The van der Waals surface area contributed by atoms with Crippen molar-refractivity contribution in [2.45, 2.75) is 19.4 Å². The van der Waals surface area contributed by atoms with Gasteiger partial charge in [-0.25, -0.2) is 9.18 Å². The highest BCUT2D eigenvalue weighted by molar-refractivity contribution is 5.75. The second-order valence-electron chi connectivity index (χ2n) is 5.45. The zero-order valence-electron chi connectivity index (χ0n) is 11.1. The Labute approximate surface area is 115 Å². The maximum Gasteiger partial charge on any atom is 0.326 e. The molecule has 0 atom stereocenters. The van der Waals surface area contributed by atoms with E-state index >= 15 is 0 Å². The molecule has 1 aromatic heterocycles. The summed E-state index contributed by atoms with van der Waals surface area (Å²) in [7, 11) is 0. The fourth-order valence-corrected chi connectivity index (χ4v) is 2.80. The Bertz CT molecular complexity index is 671. The Morgan fingerprint density at radius 2 is 2.15 bits per heavy atom. The number of hydrogen-bond donors (Lipinski definition) is 2. The molecule has 3 rings (SSSR count). The van der Waals surface area contributed by atoms with E-state index in [1.54, 1.807) is 10.6 Å². The second kappa shape index (κ2) is 5.03. The molecule has 1 fully saturated rings. The molecule has 1 saturated heterocycles. The van der Waals surface area contributed by atoms with E-state index in [1.807, 2.05) is 0 Å². The molecule has 0 aliphatic carbocycles. The Balaban J connectivity index is 2.01. The van der Waals surface area contributed by atoms with Crippen LogP contribution >= 0.6 is 0 Å². The SMILES string of the molecule is O=c1[nH]c2cc(F)ccc2n1CC1(CO)CCOCC1. The van der Waals surface area contributed by atoms with Gasteiger partial charge in [-0.1, -0.05) is 0 Å². The number of nitrogens with one attached hydrogen (secondary N) is 1. The number of aliphatic hydroxyl groups is 1. The molecule has 1 aromatic carbocycles. The molecule has 20 heavy (non-hydrogen) atoms. The molecule has 6 heteroatoms. The number of aliphatic hydroxyl groups excluding tert-OH is 1. The molecule has 0 spiro atoms. The minimum absolute atomic E-state index is 0.0106. The van der Waals surface area contributed by atoms with Gasteiger partial charge in [-0.15, -0.1) is 0 Å². The summed E-state index contributed by atoms with van der Waals surface area (Å²) in [5.41, 5.74) is 0.529. The lowest BCUT2D eigenvalue weighted by molar-refractivity contribution is -0.0251. The second-order valence-corrected chi connectivity index (χ2v) is 5.45. The average molecular weight is 280 g/mol. The van der Waals surface area contributed by atoms with E-state index in [4.69, 9.17) is 4.74 Å². The third-order valence-corrected chi connectivity index (χ3v) is 4.12. The highest BCUT2D eigenvalue weighted by atomic mass is 19.1. The maximum atomic E-state index is 13.2. The lowest BCUT2D eigenvalue weighted by Gasteiger charge is -2.35. The molecule has 0 saturated carbocycles. The van der Waals surface area contributed by atoms with E-state index < -0.39 is 0 Å². The smallest absolute Gasteiger partial charge is 0.326 e. The van der Waals surface area contributed by atoms with Crippen LogP contribution in [-0.4, -0.2) is 34.5 Å². The number of fused-ring (bicyclic) bond motifs is 1. The van der Waals surface area contributed by atoms with E-state index in [-0.39, 0.29) is 23.5 Å². The van der Waals surface area contributed by atoms with Gasteiger partial charge in [0, 0.05) is 25.2 Å². The first-order chi connectivity index (χ1) is 9.63. The number of nitrogens with zero attached hydrogens (tertiary/aromatic N) is 1. The van der Waals surface area contributed by atoms with Gasteiger partial charge in [0.25, 0.3) is 0 Å². The first-order valence-corrected chi connectivity index (χ1v) is 6.70. The molecule has 0 amide bonds. The van der Waals surface area contributed by atoms with Crippen LogP contribution in [-0.2, 0) is 11.3 Å². The Hall–Kier alpha value is -1.66. The van der Waals surface area contributed by atoms with E-state index in [1.165, 1.54) is 12.1 Å². The van der Waals surface area contributed by atoms with Crippen molar-refractivity contribution in [2.75, 3.05) is 19.8 Å². The largest absolute Gasteiger partial charge is 0.396 e. The van der Waals surface area contributed by atoms with Gasteiger partial charge in [-0.2, -0.15) is 0 Å². The summed E-state index contributed by atoms with van der Waals surface area (Å²) in [6.07, 6.45) is 1.42. The Morgan fingerprint density at radius 3 is 2.85 bits per heavy atom. The molecule has 0 radical (unpaired) electrons. The molecule has 1 aliphatic rings. The molecule has 0 bridgehead atoms. The quantitative estimate of drug-likeness (QED) is 0.889. The van der Waals surface area contributed by atoms with Crippen LogP contribution in [0, 0.1) is 11.2 Å². The monoisotopic (exact) mass is 280 g/mol. The van der Waals surface area contributed by atoms with Crippen LogP contribution < -0.4 is 5.69 Å². The molecule has 5 nitrogen and oxygen atoms in total. The Kier molecular flexibility index (Phi) is 3.35. The van der Waals surface area contributed by atoms with Crippen molar-refractivity contribution < 1.29 is 14.2 Å². The van der Waals surface area contributed by atoms with Crippen LogP contribution in [0.3, 0.4) is 0 Å². The third kappa shape index (κ3) is 2.25. The fourth-order valence-electron chi connectivity index (χ4n) is 2.80. The predicted octanol–water partition coefficient (Wildman–Crippen LogP) is 1.26. The molecular formula is C14H17FN2O3. The summed E-state index contributed by atoms with van der Waals surface area (Å²) in [5, 5.41) is 9.71. The highest BCUT2D eigenvalue weighted by Gasteiger charge is 2.33. The summed E-state index contributed by atoms with van der Waals surface area (Å²) in [6, 6.07) is 4.23. The van der Waals surface area contributed by atoms with Crippen molar-refractivity contribution in [3.05, 3.63) is 34.5 Å². The van der Waals surface area contributed by atoms with Gasteiger partial charge in [-0.3, -0.25) is 4.57 Å². The molecule has 108 valence electrons. The van der Waals surface area contributed by atoms with Crippen molar-refractivity contribution >= 4 is 11.0 Å². The summed E-state index contributed by atoms with van der Waals surface area (Å²) < 4.78 is 20.1. The summed E-state index contributed by atoms with van der Waals surface area (Å²) in [6.45, 7) is 1.60. The fraction of sp³-hybridized carbons (Fsp3) is 0.500. The molecule has 2 aromatic rings. The minimum Gasteiger partial charge on any atom is -0.396 e. The van der Waals surface area contributed by atoms with Crippen LogP contribution in [0.25, 0.3) is 11.0 Å². The van der Waals surface area contributed by atoms with Crippen LogP contribution in [0.2, 0.25) is 0 Å². The van der Waals surface area contributed by atoms with Crippen molar-refractivity contribution in [1.82, 2.24) is 9.55 Å². The van der Waals surface area contributed by atoms with Crippen LogP contribution in [0.1, 0.15) is 12.8 Å². The lowest BCUT2D eigenvalue weighted by atomic mass is 9.81. The van der Waals surface area contributed by atoms with E-state index in [0.717, 1.165) is 0 Å². The highest BCUT2D eigenvalue weighted by Crippen LogP contribution is 2.32. The summed E-state index contributed by atoms with van der Waals surface area (Å²) in [5.74, 6) is -0.381. The van der Waals surface area contributed by atoms with Crippen molar-refractivity contribution in [1.29, 1.82) is 0 Å². The minimum atomic E-state index is -0.381. The lowest BCUT2D eigenvalue weighted by Crippen LogP contribution is -2.39. The number of benzene rings is 1. The maximum absolute atomic E-state index is 13.2. The van der Waals surface area contributed by atoms with E-state index in [2.05, 4.69) is 4.98 Å². The predicted molar refractivity (Wildman–Crippen MR) is 72.1 cm³/mol. The van der Waals surface area contributed by atoms with Gasteiger partial charge < -0.3 is 14.8 Å². The van der Waals surface area contributed by atoms with E-state index in [0.29, 0.717) is 43.6 Å². The van der Waals surface area contributed by atoms with Crippen LogP contribution in [0.15, 0.2) is 23.0 Å². The standard InChI is InChI=1S/C14H17FN2O3/c15-10-1-2-12-11(7-10)16-13(19)17(12)8-14(9-18)3-5-20-6-4-14/h1-2,7,18H,3-6,8-9H2,(H,16,19). The third-order valence-electron chi connectivity index (χ3n) is 4.12. The summed E-state index contributed by atoms with van der Waals surface area (Å²) >= 11 is 0. The van der Waals surface area contributed by atoms with Gasteiger partial charge in [0.2, 0.25) is 0 Å². The first-order valence-electron chi connectivity index (χ1n) is 6.70. The zero-order chi connectivity index (χ0) is 14.2. The molecule has 2 N–H and O–H groups in total. The average Bonchev–Trinajstić information content (AvgIpc) is 2.75. The number of aromatic nitrogens is 2. The number of H-pyrrole nitrogens is 1. The van der Waals surface area contributed by atoms with Gasteiger partial charge in [-0.05, 0) is 31.0 Å². The zero-order valence-corrected chi connectivity index (χ0v) is 11.1. The molecule has 2 heterocycles. The van der Waals surface area contributed by atoms with Gasteiger partial charge in [0.15, 0.2) is 0 Å². The van der Waals surface area contributed by atoms with Crippen molar-refractivity contribution in [2.24, 2.45) is 5.41 Å². The van der Waals surface area contributed by atoms with Gasteiger partial charge in [0.1, 0.15) is 5.82 Å². The number of halogens is 1. The van der Waals surface area contributed by atoms with Crippen LogP contribution in [0.5, 0.6) is 0 Å². The summed E-state index contributed by atoms with van der Waals surface area (Å²) in [4.78, 5) is 14.7. The number of aromatic amines is 1. The van der Waals surface area contributed by atoms with Crippen molar-refractivity contribution in [3.63, 3.8) is 0 Å². The van der Waals surface area contributed by atoms with Gasteiger partial charge in [0.05, 0.1) is 17.6 Å². The molecular weight excluding hydrogens is 263 g/mol. The van der Waals surface area contributed by atoms with Crippen LogP contribution in [0.4, 0.5) is 4.39 Å².